The fourth-order valence-corrected chi connectivity index (χ4v) is 2.60. The van der Waals surface area contributed by atoms with E-state index in [1.807, 2.05) is 6.92 Å². The van der Waals surface area contributed by atoms with Crippen LogP contribution in [-0.2, 0) is 11.2 Å². The number of aromatic nitrogens is 3. The van der Waals surface area contributed by atoms with Crippen LogP contribution in [0.4, 0.5) is 0 Å². The molecule has 1 N–H and O–H groups in total. The molecule has 0 fully saturated rings. The maximum absolute atomic E-state index is 11.5. The number of carbonyl (C=O) groups excluding carboxylic acids is 1. The lowest BCUT2D eigenvalue weighted by atomic mass is 10.2. The van der Waals surface area contributed by atoms with Crippen molar-refractivity contribution in [3.05, 3.63) is 22.5 Å². The van der Waals surface area contributed by atoms with Gasteiger partial charge in [0, 0.05) is 4.88 Å². The molecule has 0 saturated carbocycles. The summed E-state index contributed by atoms with van der Waals surface area (Å²) in [6.07, 6.45) is 2.54. The standard InChI is InChI=1S/C11H13N3O2S/c1-4-8-6(2)13-10(17-8)7-5-12-14-9(7)11(15)16-3/h5H,4H2,1-3H3,(H,12,14). The minimum absolute atomic E-state index is 0.351. The molecule has 90 valence electrons. The minimum Gasteiger partial charge on any atom is -0.464 e. The number of hydrogen-bond acceptors (Lipinski definition) is 5. The van der Waals surface area contributed by atoms with Gasteiger partial charge in [-0.25, -0.2) is 9.78 Å². The Balaban J connectivity index is 2.46. The molecule has 5 nitrogen and oxygen atoms in total. The Morgan fingerprint density at radius 1 is 1.59 bits per heavy atom. The van der Waals surface area contributed by atoms with Gasteiger partial charge in [0.05, 0.1) is 24.6 Å². The largest absolute Gasteiger partial charge is 0.464 e. The van der Waals surface area contributed by atoms with Crippen molar-refractivity contribution < 1.29 is 9.53 Å². The summed E-state index contributed by atoms with van der Waals surface area (Å²) < 4.78 is 4.69. The number of methoxy groups -OCH3 is 1. The number of nitrogens with zero attached hydrogens (tertiary/aromatic N) is 2. The number of H-pyrrole nitrogens is 1. The zero-order valence-electron chi connectivity index (χ0n) is 9.90. The van der Waals surface area contributed by atoms with Crippen LogP contribution in [0, 0.1) is 6.92 Å². The van der Waals surface area contributed by atoms with E-state index in [-0.39, 0.29) is 0 Å². The SMILES string of the molecule is CCc1sc(-c2cn[nH]c2C(=O)OC)nc1C. The molecule has 0 aliphatic rings. The van der Waals surface area contributed by atoms with Crippen LogP contribution >= 0.6 is 11.3 Å². The Bertz CT molecular complexity index is 545. The fourth-order valence-electron chi connectivity index (χ4n) is 1.58. The van der Waals surface area contributed by atoms with Crippen LogP contribution in [0.2, 0.25) is 0 Å². The monoisotopic (exact) mass is 251 g/mol. The van der Waals surface area contributed by atoms with Crippen LogP contribution in [0.3, 0.4) is 0 Å². The van der Waals surface area contributed by atoms with Crippen molar-refractivity contribution in [3.8, 4) is 10.6 Å². The molecule has 0 amide bonds. The van der Waals surface area contributed by atoms with E-state index in [4.69, 9.17) is 0 Å². The molecule has 0 radical (unpaired) electrons. The number of carbonyl (C=O) groups is 1. The van der Waals surface area contributed by atoms with Crippen molar-refractivity contribution in [3.63, 3.8) is 0 Å². The lowest BCUT2D eigenvalue weighted by Gasteiger charge is -1.97. The molecule has 0 bridgehead atoms. The van der Waals surface area contributed by atoms with E-state index in [1.54, 1.807) is 17.5 Å². The van der Waals surface area contributed by atoms with Gasteiger partial charge in [-0.1, -0.05) is 6.92 Å². The first kappa shape index (κ1) is 11.8. The van der Waals surface area contributed by atoms with Crippen molar-refractivity contribution in [2.45, 2.75) is 20.3 Å². The van der Waals surface area contributed by atoms with Crippen molar-refractivity contribution in [1.29, 1.82) is 0 Å². The van der Waals surface area contributed by atoms with E-state index in [0.717, 1.165) is 17.1 Å². The summed E-state index contributed by atoms with van der Waals surface area (Å²) in [4.78, 5) is 17.2. The van der Waals surface area contributed by atoms with Gasteiger partial charge in [0.25, 0.3) is 0 Å². The van der Waals surface area contributed by atoms with Gasteiger partial charge < -0.3 is 4.74 Å². The lowest BCUT2D eigenvalue weighted by Crippen LogP contribution is -2.03. The van der Waals surface area contributed by atoms with Crippen LogP contribution in [0.25, 0.3) is 10.6 Å². The number of nitrogens with one attached hydrogen (secondary N) is 1. The zero-order valence-corrected chi connectivity index (χ0v) is 10.7. The average molecular weight is 251 g/mol. The van der Waals surface area contributed by atoms with Crippen molar-refractivity contribution >= 4 is 17.3 Å². The Labute approximate surface area is 103 Å². The van der Waals surface area contributed by atoms with Gasteiger partial charge in [-0.15, -0.1) is 11.3 Å². The highest BCUT2D eigenvalue weighted by Gasteiger charge is 2.19. The normalized spacial score (nSPS) is 10.5. The Morgan fingerprint density at radius 2 is 2.35 bits per heavy atom. The van der Waals surface area contributed by atoms with E-state index in [0.29, 0.717) is 11.3 Å². The van der Waals surface area contributed by atoms with Gasteiger partial charge in [-0.05, 0) is 13.3 Å². The molecule has 0 saturated heterocycles. The van der Waals surface area contributed by atoms with Crippen molar-refractivity contribution in [1.82, 2.24) is 15.2 Å². The highest BCUT2D eigenvalue weighted by Crippen LogP contribution is 2.29. The Kier molecular flexibility index (Phi) is 3.23. The van der Waals surface area contributed by atoms with Crippen LogP contribution in [-0.4, -0.2) is 28.3 Å². The summed E-state index contributed by atoms with van der Waals surface area (Å²) in [5.74, 6) is -0.427. The smallest absolute Gasteiger partial charge is 0.356 e. The number of esters is 1. The molecule has 2 aromatic heterocycles. The van der Waals surface area contributed by atoms with Gasteiger partial charge in [0.1, 0.15) is 5.01 Å². The van der Waals surface area contributed by atoms with Crippen molar-refractivity contribution in [2.24, 2.45) is 0 Å². The highest BCUT2D eigenvalue weighted by molar-refractivity contribution is 7.15. The van der Waals surface area contributed by atoms with Gasteiger partial charge in [-0.2, -0.15) is 5.10 Å². The van der Waals surface area contributed by atoms with Crippen LogP contribution in [0.5, 0.6) is 0 Å². The van der Waals surface area contributed by atoms with E-state index >= 15 is 0 Å². The molecule has 0 atom stereocenters. The molecule has 6 heteroatoms. The third-order valence-electron chi connectivity index (χ3n) is 2.47. The second kappa shape index (κ2) is 4.67. The summed E-state index contributed by atoms with van der Waals surface area (Å²) in [5, 5.41) is 7.32. The summed E-state index contributed by atoms with van der Waals surface area (Å²) in [7, 11) is 1.34. The van der Waals surface area contributed by atoms with Gasteiger partial charge in [0.2, 0.25) is 0 Å². The van der Waals surface area contributed by atoms with Gasteiger partial charge in [0.15, 0.2) is 5.69 Å². The summed E-state index contributed by atoms with van der Waals surface area (Å²) in [6.45, 7) is 4.05. The van der Waals surface area contributed by atoms with Crippen LogP contribution < -0.4 is 0 Å². The second-order valence-electron chi connectivity index (χ2n) is 3.53. The number of ether oxygens (including phenoxy) is 1. The number of rotatable bonds is 3. The maximum Gasteiger partial charge on any atom is 0.356 e. The van der Waals surface area contributed by atoms with Gasteiger partial charge >= 0.3 is 5.97 Å². The maximum atomic E-state index is 11.5. The first-order chi connectivity index (χ1) is 8.17. The molecule has 2 aromatic rings. The quantitative estimate of drug-likeness (QED) is 0.849. The average Bonchev–Trinajstić information content (AvgIpc) is 2.93. The molecule has 2 heterocycles. The summed E-state index contributed by atoms with van der Waals surface area (Å²) in [6, 6.07) is 0. The molecule has 17 heavy (non-hydrogen) atoms. The van der Waals surface area contributed by atoms with Crippen LogP contribution in [0.15, 0.2) is 6.20 Å². The van der Waals surface area contributed by atoms with E-state index < -0.39 is 5.97 Å². The molecule has 2 rings (SSSR count). The molecule has 0 aliphatic carbocycles. The molecule has 0 aromatic carbocycles. The Morgan fingerprint density at radius 3 is 2.94 bits per heavy atom. The predicted octanol–water partition coefficient (Wildman–Crippen LogP) is 2.19. The summed E-state index contributed by atoms with van der Waals surface area (Å²) >= 11 is 1.58. The highest BCUT2D eigenvalue weighted by atomic mass is 32.1. The van der Waals surface area contributed by atoms with Crippen LogP contribution in [0.1, 0.15) is 28.0 Å². The first-order valence-electron chi connectivity index (χ1n) is 5.25. The second-order valence-corrected chi connectivity index (χ2v) is 4.62. The number of aromatic amines is 1. The molecular formula is C11H13N3O2S. The number of aryl methyl sites for hydroxylation is 2. The van der Waals surface area contributed by atoms with E-state index in [9.17, 15) is 4.79 Å². The number of hydrogen-bond donors (Lipinski definition) is 1. The molecule has 0 unspecified atom stereocenters. The zero-order chi connectivity index (χ0) is 12.4. The predicted molar refractivity (Wildman–Crippen MR) is 65.2 cm³/mol. The first-order valence-corrected chi connectivity index (χ1v) is 6.07. The molecule has 0 spiro atoms. The van der Waals surface area contributed by atoms with E-state index in [1.165, 1.54) is 12.0 Å². The van der Waals surface area contributed by atoms with Crippen molar-refractivity contribution in [2.75, 3.05) is 7.11 Å². The Hall–Kier alpha value is -1.69. The summed E-state index contributed by atoms with van der Waals surface area (Å²) in [5.41, 5.74) is 2.05. The lowest BCUT2D eigenvalue weighted by molar-refractivity contribution is 0.0595. The third-order valence-corrected chi connectivity index (χ3v) is 3.81. The minimum atomic E-state index is -0.427. The molecular weight excluding hydrogens is 238 g/mol. The molecule has 0 aliphatic heterocycles. The number of thiazole rings is 1. The third kappa shape index (κ3) is 2.08. The van der Waals surface area contributed by atoms with Gasteiger partial charge in [-0.3, -0.25) is 5.10 Å². The topological polar surface area (TPSA) is 67.9 Å². The van der Waals surface area contributed by atoms with E-state index in [2.05, 4.69) is 26.8 Å². The fraction of sp³-hybridized carbons (Fsp3) is 0.364.